The third-order valence-electron chi connectivity index (χ3n) is 3.36. The molecule has 0 aromatic heterocycles. The quantitative estimate of drug-likeness (QED) is 0.695. The molecule has 0 unspecified atom stereocenters. The SMILES string of the molecule is CC(C)(Nc1ccc(N)cc1C(N)=O)C1CC1. The molecule has 17 heavy (non-hydrogen) atoms. The smallest absolute Gasteiger partial charge is 0.250 e. The standard InChI is InChI=1S/C13H19N3O/c1-13(2,8-3-4-8)16-11-6-5-9(14)7-10(11)12(15)17/h5-8,16H,3-4,14H2,1-2H3,(H2,15,17). The molecular formula is C13H19N3O. The van der Waals surface area contributed by atoms with E-state index >= 15 is 0 Å². The number of nitrogens with two attached hydrogens (primary N) is 2. The van der Waals surface area contributed by atoms with Crippen LogP contribution in [0.4, 0.5) is 11.4 Å². The number of hydrogen-bond donors (Lipinski definition) is 3. The summed E-state index contributed by atoms with van der Waals surface area (Å²) in [5, 5.41) is 3.40. The number of benzene rings is 1. The van der Waals surface area contributed by atoms with Gasteiger partial charge in [-0.25, -0.2) is 0 Å². The van der Waals surface area contributed by atoms with Crippen molar-refractivity contribution in [3.05, 3.63) is 23.8 Å². The maximum Gasteiger partial charge on any atom is 0.250 e. The van der Waals surface area contributed by atoms with E-state index in [4.69, 9.17) is 11.5 Å². The zero-order valence-electron chi connectivity index (χ0n) is 10.3. The van der Waals surface area contributed by atoms with E-state index in [0.29, 0.717) is 17.2 Å². The highest BCUT2D eigenvalue weighted by Gasteiger charge is 2.38. The first-order chi connectivity index (χ1) is 7.90. The van der Waals surface area contributed by atoms with Crippen molar-refractivity contribution >= 4 is 17.3 Å². The van der Waals surface area contributed by atoms with E-state index in [0.717, 1.165) is 5.69 Å². The Kier molecular flexibility index (Phi) is 2.73. The van der Waals surface area contributed by atoms with Gasteiger partial charge in [0.25, 0.3) is 5.91 Å². The van der Waals surface area contributed by atoms with Crippen LogP contribution in [0.3, 0.4) is 0 Å². The molecule has 1 saturated carbocycles. The van der Waals surface area contributed by atoms with Gasteiger partial charge in [0.1, 0.15) is 0 Å². The summed E-state index contributed by atoms with van der Waals surface area (Å²) in [4.78, 5) is 11.4. The summed E-state index contributed by atoms with van der Waals surface area (Å²) in [5.41, 5.74) is 12.8. The number of anilines is 2. The molecule has 1 amide bonds. The minimum absolute atomic E-state index is 0.0136. The van der Waals surface area contributed by atoms with Crippen LogP contribution in [0.2, 0.25) is 0 Å². The lowest BCUT2D eigenvalue weighted by molar-refractivity contribution is 0.100. The minimum atomic E-state index is -0.452. The van der Waals surface area contributed by atoms with E-state index in [1.807, 2.05) is 6.07 Å². The lowest BCUT2D eigenvalue weighted by atomic mass is 9.97. The van der Waals surface area contributed by atoms with Crippen molar-refractivity contribution in [2.75, 3.05) is 11.1 Å². The molecule has 0 radical (unpaired) electrons. The molecule has 0 saturated heterocycles. The largest absolute Gasteiger partial charge is 0.399 e. The topological polar surface area (TPSA) is 81.1 Å². The molecule has 92 valence electrons. The normalized spacial score (nSPS) is 15.6. The Hall–Kier alpha value is -1.71. The summed E-state index contributed by atoms with van der Waals surface area (Å²) in [6.45, 7) is 4.29. The average Bonchev–Trinajstić information content (AvgIpc) is 3.03. The molecule has 5 N–H and O–H groups in total. The molecule has 4 heteroatoms. The van der Waals surface area contributed by atoms with Crippen LogP contribution in [0.1, 0.15) is 37.0 Å². The number of rotatable bonds is 4. The number of hydrogen-bond acceptors (Lipinski definition) is 3. The van der Waals surface area contributed by atoms with Crippen LogP contribution in [0.5, 0.6) is 0 Å². The summed E-state index contributed by atoms with van der Waals surface area (Å²) < 4.78 is 0. The Morgan fingerprint density at radius 3 is 2.59 bits per heavy atom. The average molecular weight is 233 g/mol. The Morgan fingerprint density at radius 2 is 2.06 bits per heavy atom. The fourth-order valence-electron chi connectivity index (χ4n) is 2.13. The van der Waals surface area contributed by atoms with E-state index in [2.05, 4.69) is 19.2 Å². The van der Waals surface area contributed by atoms with Crippen LogP contribution < -0.4 is 16.8 Å². The van der Waals surface area contributed by atoms with Gasteiger partial charge >= 0.3 is 0 Å². The highest BCUT2D eigenvalue weighted by molar-refractivity contribution is 5.99. The highest BCUT2D eigenvalue weighted by Crippen LogP contribution is 2.41. The van der Waals surface area contributed by atoms with Gasteiger partial charge in [-0.3, -0.25) is 4.79 Å². The number of nitrogens with one attached hydrogen (secondary N) is 1. The van der Waals surface area contributed by atoms with Gasteiger partial charge in [0.2, 0.25) is 0 Å². The van der Waals surface area contributed by atoms with Crippen molar-refractivity contribution in [2.45, 2.75) is 32.2 Å². The van der Waals surface area contributed by atoms with E-state index in [1.54, 1.807) is 12.1 Å². The van der Waals surface area contributed by atoms with Crippen LogP contribution in [-0.2, 0) is 0 Å². The maximum atomic E-state index is 11.4. The van der Waals surface area contributed by atoms with Crippen molar-refractivity contribution in [3.63, 3.8) is 0 Å². The van der Waals surface area contributed by atoms with Crippen molar-refractivity contribution in [1.29, 1.82) is 0 Å². The molecule has 1 aliphatic carbocycles. The van der Waals surface area contributed by atoms with E-state index in [-0.39, 0.29) is 5.54 Å². The second-order valence-electron chi connectivity index (χ2n) is 5.29. The fraction of sp³-hybridized carbons (Fsp3) is 0.462. The molecule has 1 fully saturated rings. The van der Waals surface area contributed by atoms with Crippen LogP contribution in [0.15, 0.2) is 18.2 Å². The zero-order chi connectivity index (χ0) is 12.6. The van der Waals surface area contributed by atoms with E-state index in [1.165, 1.54) is 12.8 Å². The molecule has 1 aromatic rings. The van der Waals surface area contributed by atoms with E-state index < -0.39 is 5.91 Å². The molecule has 0 spiro atoms. The number of carbonyl (C=O) groups excluding carboxylic acids is 1. The van der Waals surface area contributed by atoms with Crippen molar-refractivity contribution < 1.29 is 4.79 Å². The van der Waals surface area contributed by atoms with Gasteiger partial charge in [0, 0.05) is 16.9 Å². The van der Waals surface area contributed by atoms with Gasteiger partial charge in [0.05, 0.1) is 5.56 Å². The Morgan fingerprint density at radius 1 is 1.41 bits per heavy atom. The first-order valence-electron chi connectivity index (χ1n) is 5.87. The summed E-state index contributed by atoms with van der Waals surface area (Å²) in [5.74, 6) is 0.215. The van der Waals surface area contributed by atoms with Gasteiger partial charge < -0.3 is 16.8 Å². The third kappa shape index (κ3) is 2.52. The second kappa shape index (κ2) is 3.95. The van der Waals surface area contributed by atoms with Gasteiger partial charge in [-0.2, -0.15) is 0 Å². The molecule has 2 rings (SSSR count). The molecule has 1 aliphatic rings. The fourth-order valence-corrected chi connectivity index (χ4v) is 2.13. The predicted molar refractivity (Wildman–Crippen MR) is 69.8 cm³/mol. The first-order valence-corrected chi connectivity index (χ1v) is 5.87. The number of amides is 1. The molecule has 1 aromatic carbocycles. The van der Waals surface area contributed by atoms with Crippen LogP contribution in [0, 0.1) is 5.92 Å². The van der Waals surface area contributed by atoms with Crippen molar-refractivity contribution in [2.24, 2.45) is 11.7 Å². The second-order valence-corrected chi connectivity index (χ2v) is 5.29. The summed E-state index contributed by atoms with van der Waals surface area (Å²) >= 11 is 0. The lowest BCUT2D eigenvalue weighted by Crippen LogP contribution is -2.34. The molecule has 4 nitrogen and oxygen atoms in total. The Bertz CT molecular complexity index is 450. The number of primary amides is 1. The van der Waals surface area contributed by atoms with Crippen LogP contribution in [0.25, 0.3) is 0 Å². The molecule has 0 atom stereocenters. The summed E-state index contributed by atoms with van der Waals surface area (Å²) in [7, 11) is 0. The number of carbonyl (C=O) groups is 1. The molecular weight excluding hydrogens is 214 g/mol. The van der Waals surface area contributed by atoms with E-state index in [9.17, 15) is 4.79 Å². The Labute approximate surface area is 101 Å². The highest BCUT2D eigenvalue weighted by atomic mass is 16.1. The molecule has 0 aliphatic heterocycles. The minimum Gasteiger partial charge on any atom is -0.399 e. The van der Waals surface area contributed by atoms with Crippen LogP contribution >= 0.6 is 0 Å². The molecule has 0 bridgehead atoms. The lowest BCUT2D eigenvalue weighted by Gasteiger charge is -2.28. The monoisotopic (exact) mass is 233 g/mol. The predicted octanol–water partition coefficient (Wildman–Crippen LogP) is 1.97. The zero-order valence-corrected chi connectivity index (χ0v) is 10.3. The number of nitrogen functional groups attached to an aromatic ring is 1. The van der Waals surface area contributed by atoms with Crippen molar-refractivity contribution in [1.82, 2.24) is 0 Å². The third-order valence-corrected chi connectivity index (χ3v) is 3.36. The van der Waals surface area contributed by atoms with Gasteiger partial charge in [0.15, 0.2) is 0 Å². The van der Waals surface area contributed by atoms with Crippen LogP contribution in [-0.4, -0.2) is 11.4 Å². The summed E-state index contributed by atoms with van der Waals surface area (Å²) in [6.07, 6.45) is 2.47. The maximum absolute atomic E-state index is 11.4. The molecule has 0 heterocycles. The van der Waals surface area contributed by atoms with Crippen molar-refractivity contribution in [3.8, 4) is 0 Å². The van der Waals surface area contributed by atoms with Gasteiger partial charge in [-0.1, -0.05) is 0 Å². The first kappa shape index (κ1) is 11.8. The van der Waals surface area contributed by atoms with Gasteiger partial charge in [-0.15, -0.1) is 0 Å². The summed E-state index contributed by atoms with van der Waals surface area (Å²) in [6, 6.07) is 5.21. The Balaban J connectivity index is 2.28. The van der Waals surface area contributed by atoms with Gasteiger partial charge in [-0.05, 0) is 50.8 Å².